The monoisotopic (exact) mass is 820 g/mol. The number of aromatic nitrogens is 4. The van der Waals surface area contributed by atoms with Crippen LogP contribution in [-0.4, -0.2) is 18.3 Å². The van der Waals surface area contributed by atoms with E-state index < -0.39 is 0 Å². The van der Waals surface area contributed by atoms with Crippen LogP contribution in [0.3, 0.4) is 0 Å². The topological polar surface area (TPSA) is 19.7 Å². The second-order valence-electron chi connectivity index (χ2n) is 17.2. The highest BCUT2D eigenvalue weighted by atomic mass is 15.1. The van der Waals surface area contributed by atoms with Crippen molar-refractivity contribution in [1.82, 2.24) is 18.3 Å². The minimum absolute atomic E-state index is 0.727. The SMILES string of the molecule is c1ccc(Cn2c3c(c4ccccc42)-c2c(c4ccccc4n2Cc2ccccc2)-c2c(c4ccccc4n2Cc2ccccc2)-c2c-3c3ccccc3n2Cc2ccccc2)cc1. The van der Waals surface area contributed by atoms with Crippen molar-refractivity contribution in [2.24, 2.45) is 0 Å². The van der Waals surface area contributed by atoms with E-state index in [2.05, 4.69) is 237 Å². The van der Waals surface area contributed by atoms with E-state index in [0.29, 0.717) is 0 Å². The van der Waals surface area contributed by atoms with Gasteiger partial charge in [-0.3, -0.25) is 0 Å². The van der Waals surface area contributed by atoms with Gasteiger partial charge < -0.3 is 18.3 Å². The van der Waals surface area contributed by atoms with Crippen LogP contribution in [0.4, 0.5) is 0 Å². The van der Waals surface area contributed by atoms with Gasteiger partial charge in [-0.05, 0) is 46.5 Å². The lowest BCUT2D eigenvalue weighted by atomic mass is 9.88. The fraction of sp³-hybridized carbons (Fsp3) is 0.0667. The summed E-state index contributed by atoms with van der Waals surface area (Å²) in [4.78, 5) is 0. The Bertz CT molecular complexity index is 3170. The zero-order valence-electron chi connectivity index (χ0n) is 35.4. The van der Waals surface area contributed by atoms with Crippen LogP contribution >= 0.6 is 0 Å². The number of rotatable bonds is 8. The molecule has 0 saturated carbocycles. The molecule has 12 aromatic rings. The molecule has 4 heteroatoms. The fourth-order valence-corrected chi connectivity index (χ4v) is 10.9. The molecule has 0 radical (unpaired) electrons. The predicted octanol–water partition coefficient (Wildman–Crippen LogP) is 14.7. The number of benzene rings is 8. The molecule has 0 atom stereocenters. The summed E-state index contributed by atoms with van der Waals surface area (Å²) in [5, 5.41) is 5.03. The summed E-state index contributed by atoms with van der Waals surface area (Å²) in [7, 11) is 0. The molecule has 0 aliphatic heterocycles. The normalized spacial score (nSPS) is 12.0. The molecule has 0 fully saturated rings. The number of fused-ring (bicyclic) bond motifs is 16. The molecular weight excluding hydrogens is 777 g/mol. The van der Waals surface area contributed by atoms with E-state index in [-0.39, 0.29) is 0 Å². The third kappa shape index (κ3) is 5.62. The zero-order chi connectivity index (χ0) is 42.1. The Morgan fingerprint density at radius 2 is 0.391 bits per heavy atom. The lowest BCUT2D eigenvalue weighted by molar-refractivity contribution is 0.822. The second-order valence-corrected chi connectivity index (χ2v) is 17.2. The van der Waals surface area contributed by atoms with Crippen LogP contribution < -0.4 is 0 Å². The summed E-state index contributed by atoms with van der Waals surface area (Å²) < 4.78 is 10.6. The highest BCUT2D eigenvalue weighted by Gasteiger charge is 2.38. The van der Waals surface area contributed by atoms with Gasteiger partial charge in [0.2, 0.25) is 0 Å². The molecule has 4 nitrogen and oxygen atoms in total. The van der Waals surface area contributed by atoms with Gasteiger partial charge in [0.05, 0.1) is 22.8 Å². The van der Waals surface area contributed by atoms with Crippen molar-refractivity contribution in [3.05, 3.63) is 241 Å². The van der Waals surface area contributed by atoms with Crippen LogP contribution in [0.1, 0.15) is 22.3 Å². The minimum Gasteiger partial charge on any atom is -0.335 e. The van der Waals surface area contributed by atoms with Crippen molar-refractivity contribution >= 4 is 43.6 Å². The van der Waals surface area contributed by atoms with Gasteiger partial charge in [0, 0.05) is 92.0 Å². The molecule has 304 valence electrons. The van der Waals surface area contributed by atoms with E-state index in [9.17, 15) is 0 Å². The number of nitrogens with zero attached hydrogens (tertiary/aromatic N) is 4. The molecule has 64 heavy (non-hydrogen) atoms. The van der Waals surface area contributed by atoms with Gasteiger partial charge in [0.25, 0.3) is 0 Å². The molecule has 4 aromatic heterocycles. The van der Waals surface area contributed by atoms with Crippen LogP contribution in [0.15, 0.2) is 218 Å². The number of hydrogen-bond acceptors (Lipinski definition) is 0. The first-order valence-electron chi connectivity index (χ1n) is 22.4. The Labute approximate surface area is 372 Å². The summed E-state index contributed by atoms with van der Waals surface area (Å²) in [5.74, 6) is 0. The Balaban J connectivity index is 1.30. The molecule has 0 amide bonds. The molecule has 0 bridgehead atoms. The van der Waals surface area contributed by atoms with Gasteiger partial charge in [-0.15, -0.1) is 0 Å². The highest BCUT2D eigenvalue weighted by Crippen LogP contribution is 2.58. The first kappa shape index (κ1) is 36.6. The fourth-order valence-electron chi connectivity index (χ4n) is 10.9. The number of hydrogen-bond donors (Lipinski definition) is 0. The summed E-state index contributed by atoms with van der Waals surface area (Å²) >= 11 is 0. The maximum Gasteiger partial charge on any atom is 0.0617 e. The molecule has 0 unspecified atom stereocenters. The van der Waals surface area contributed by atoms with Crippen molar-refractivity contribution in [3.63, 3.8) is 0 Å². The van der Waals surface area contributed by atoms with Crippen LogP contribution in [0.2, 0.25) is 0 Å². The third-order valence-corrected chi connectivity index (χ3v) is 13.6. The predicted molar refractivity (Wildman–Crippen MR) is 266 cm³/mol. The standard InChI is InChI=1S/C60H44N4/c1-5-21-41(22-6-1)37-61-49-33-17-13-29-45(49)53-57(61)54-46-30-14-18-34-50(46)62(38-42-23-7-2-8-24-42)59(54)56-48-32-16-20-36-52(48)64(40-44-27-11-4-12-28-44)60(56)55-47-31-15-19-35-51(47)63(58(53)55)39-43-25-9-3-10-26-43/h1-36H,37-40H2. The van der Waals surface area contributed by atoms with E-state index in [1.54, 1.807) is 0 Å². The van der Waals surface area contributed by atoms with Crippen LogP contribution in [0.5, 0.6) is 0 Å². The average Bonchev–Trinajstić information content (AvgIpc) is 4.03. The van der Waals surface area contributed by atoms with Crippen LogP contribution in [0, 0.1) is 0 Å². The van der Waals surface area contributed by atoms with Gasteiger partial charge in [-0.25, -0.2) is 0 Å². The molecule has 1 aliphatic rings. The van der Waals surface area contributed by atoms with Gasteiger partial charge >= 0.3 is 0 Å². The van der Waals surface area contributed by atoms with Crippen LogP contribution in [-0.2, 0) is 26.2 Å². The second kappa shape index (κ2) is 14.8. The molecule has 4 heterocycles. The maximum absolute atomic E-state index is 2.64. The van der Waals surface area contributed by atoms with Gasteiger partial charge in [-0.2, -0.15) is 0 Å². The van der Waals surface area contributed by atoms with Crippen molar-refractivity contribution in [1.29, 1.82) is 0 Å². The van der Waals surface area contributed by atoms with E-state index in [1.807, 2.05) is 0 Å². The van der Waals surface area contributed by atoms with E-state index in [0.717, 1.165) is 26.2 Å². The Kier molecular flexibility index (Phi) is 8.45. The lowest BCUT2D eigenvalue weighted by Gasteiger charge is -2.23. The Hall–Kier alpha value is -8.08. The van der Waals surface area contributed by atoms with Crippen molar-refractivity contribution < 1.29 is 0 Å². The molecule has 1 aliphatic carbocycles. The first-order chi connectivity index (χ1) is 31.8. The molecule has 8 aromatic carbocycles. The molecule has 13 rings (SSSR count). The zero-order valence-corrected chi connectivity index (χ0v) is 35.4. The van der Waals surface area contributed by atoms with E-state index in [1.165, 1.54) is 111 Å². The van der Waals surface area contributed by atoms with Crippen molar-refractivity contribution in [2.75, 3.05) is 0 Å². The van der Waals surface area contributed by atoms with Crippen molar-refractivity contribution in [2.45, 2.75) is 26.2 Å². The largest absolute Gasteiger partial charge is 0.335 e. The van der Waals surface area contributed by atoms with E-state index >= 15 is 0 Å². The summed E-state index contributed by atoms with van der Waals surface area (Å²) in [6.45, 7) is 2.91. The first-order valence-corrected chi connectivity index (χ1v) is 22.4. The van der Waals surface area contributed by atoms with Gasteiger partial charge in [0.1, 0.15) is 0 Å². The van der Waals surface area contributed by atoms with Gasteiger partial charge in [-0.1, -0.05) is 194 Å². The summed E-state index contributed by atoms with van der Waals surface area (Å²) in [6, 6.07) is 80.7. The maximum atomic E-state index is 2.64. The summed E-state index contributed by atoms with van der Waals surface area (Å²) in [6.07, 6.45) is 0. The van der Waals surface area contributed by atoms with E-state index in [4.69, 9.17) is 0 Å². The van der Waals surface area contributed by atoms with Crippen molar-refractivity contribution in [3.8, 4) is 45.0 Å². The third-order valence-electron chi connectivity index (χ3n) is 13.6. The molecule has 0 spiro atoms. The molecule has 0 N–H and O–H groups in total. The minimum atomic E-state index is 0.727. The summed E-state index contributed by atoms with van der Waals surface area (Å²) in [5.41, 5.74) is 20.1. The molecule has 0 saturated heterocycles. The Morgan fingerprint density at radius 1 is 0.203 bits per heavy atom. The highest BCUT2D eigenvalue weighted by molar-refractivity contribution is 6.23. The Morgan fingerprint density at radius 3 is 0.609 bits per heavy atom. The average molecular weight is 821 g/mol. The molecular formula is C60H44N4. The smallest absolute Gasteiger partial charge is 0.0617 e. The lowest BCUT2D eigenvalue weighted by Crippen LogP contribution is -2.09. The quantitative estimate of drug-likeness (QED) is 0.146. The van der Waals surface area contributed by atoms with Gasteiger partial charge in [0.15, 0.2) is 0 Å². The van der Waals surface area contributed by atoms with Crippen LogP contribution in [0.25, 0.3) is 88.6 Å². The number of para-hydroxylation sites is 4.